The molecule has 3 rings (SSSR count). The number of alkyl halides is 3. The van der Waals surface area contributed by atoms with Gasteiger partial charge in [-0.3, -0.25) is 9.78 Å². The van der Waals surface area contributed by atoms with Crippen molar-refractivity contribution in [1.82, 2.24) is 10.3 Å². The molecular weight excluding hydrogens is 425 g/mol. The van der Waals surface area contributed by atoms with Crippen molar-refractivity contribution in [2.45, 2.75) is 25.9 Å². The van der Waals surface area contributed by atoms with Crippen LogP contribution in [0.2, 0.25) is 0 Å². The van der Waals surface area contributed by atoms with Crippen LogP contribution in [0.1, 0.15) is 34.6 Å². The number of nitrogens with zero attached hydrogens (tertiary/aromatic N) is 1. The monoisotopic (exact) mass is 446 g/mol. The van der Waals surface area contributed by atoms with Gasteiger partial charge in [-0.1, -0.05) is 30.3 Å². The molecule has 0 aliphatic carbocycles. The Morgan fingerprint density at radius 3 is 2.44 bits per heavy atom. The first-order valence-electron chi connectivity index (χ1n) is 9.62. The highest BCUT2D eigenvalue weighted by Crippen LogP contribution is 2.29. The van der Waals surface area contributed by atoms with E-state index in [9.17, 15) is 18.0 Å². The molecule has 0 saturated heterocycles. The van der Waals surface area contributed by atoms with Gasteiger partial charge in [0.1, 0.15) is 12.4 Å². The third-order valence-corrected chi connectivity index (χ3v) is 4.45. The Bertz CT molecular complexity index is 1040. The Balaban J connectivity index is 1.64. The van der Waals surface area contributed by atoms with Crippen LogP contribution >= 0.6 is 0 Å². The van der Waals surface area contributed by atoms with Crippen molar-refractivity contribution in [2.24, 2.45) is 0 Å². The minimum absolute atomic E-state index is 0.331. The zero-order valence-electron chi connectivity index (χ0n) is 17.3. The number of methoxy groups -OCH3 is 1. The lowest BCUT2D eigenvalue weighted by molar-refractivity contribution is -0.274. The van der Waals surface area contributed by atoms with E-state index in [1.807, 2.05) is 30.3 Å². The molecule has 1 atom stereocenters. The number of aromatic nitrogens is 1. The van der Waals surface area contributed by atoms with Crippen LogP contribution in [0.3, 0.4) is 0 Å². The van der Waals surface area contributed by atoms with Crippen molar-refractivity contribution in [1.29, 1.82) is 0 Å². The van der Waals surface area contributed by atoms with Gasteiger partial charge in [-0.2, -0.15) is 0 Å². The first kappa shape index (κ1) is 22.9. The normalized spacial score (nSPS) is 12.0. The molecule has 1 heterocycles. The fourth-order valence-electron chi connectivity index (χ4n) is 2.86. The standard InChI is InChI=1S/C23H21F3N2O4/c1-15(19-10-9-18(13-27-19)32-23(24,25)26)28-22(29)17-8-11-20(21(12-17)30-2)31-14-16-6-4-3-5-7-16/h3-13,15H,14H2,1-2H3,(H,28,29)/t15-/m1/s1. The third kappa shape index (κ3) is 6.37. The minimum atomic E-state index is -4.79. The average molecular weight is 446 g/mol. The van der Waals surface area contributed by atoms with Crippen molar-refractivity contribution in [3.8, 4) is 17.2 Å². The van der Waals surface area contributed by atoms with Crippen LogP contribution in [0.15, 0.2) is 66.9 Å². The summed E-state index contributed by atoms with van der Waals surface area (Å²) in [7, 11) is 1.48. The first-order chi connectivity index (χ1) is 15.2. The second kappa shape index (κ2) is 10.0. The van der Waals surface area contributed by atoms with E-state index in [1.54, 1.807) is 25.1 Å². The minimum Gasteiger partial charge on any atom is -0.493 e. The van der Waals surface area contributed by atoms with Gasteiger partial charge >= 0.3 is 6.36 Å². The molecule has 168 valence electrons. The summed E-state index contributed by atoms with van der Waals surface area (Å²) in [4.78, 5) is 16.6. The zero-order valence-corrected chi connectivity index (χ0v) is 17.3. The maximum absolute atomic E-state index is 12.6. The van der Waals surface area contributed by atoms with Crippen molar-refractivity contribution < 1.29 is 32.2 Å². The van der Waals surface area contributed by atoms with Gasteiger partial charge in [-0.25, -0.2) is 0 Å². The molecule has 0 spiro atoms. The van der Waals surface area contributed by atoms with E-state index in [1.165, 1.54) is 13.2 Å². The van der Waals surface area contributed by atoms with E-state index in [0.717, 1.165) is 17.8 Å². The lowest BCUT2D eigenvalue weighted by Gasteiger charge is -2.16. The summed E-state index contributed by atoms with van der Waals surface area (Å²) in [5.41, 5.74) is 1.70. The molecule has 32 heavy (non-hydrogen) atoms. The molecule has 3 aromatic rings. The molecule has 0 radical (unpaired) electrons. The molecule has 9 heteroatoms. The molecule has 0 fully saturated rings. The van der Waals surface area contributed by atoms with E-state index in [0.29, 0.717) is 29.4 Å². The summed E-state index contributed by atoms with van der Waals surface area (Å²) >= 11 is 0. The van der Waals surface area contributed by atoms with Crippen molar-refractivity contribution in [2.75, 3.05) is 7.11 Å². The van der Waals surface area contributed by atoms with E-state index in [2.05, 4.69) is 15.0 Å². The molecule has 1 amide bonds. The van der Waals surface area contributed by atoms with Crippen LogP contribution in [0.4, 0.5) is 13.2 Å². The van der Waals surface area contributed by atoms with Gasteiger partial charge in [0.15, 0.2) is 11.5 Å². The van der Waals surface area contributed by atoms with Crippen LogP contribution < -0.4 is 19.5 Å². The Morgan fingerprint density at radius 1 is 1.06 bits per heavy atom. The lowest BCUT2D eigenvalue weighted by Crippen LogP contribution is -2.27. The first-order valence-corrected chi connectivity index (χ1v) is 9.62. The number of pyridine rings is 1. The topological polar surface area (TPSA) is 69.7 Å². The predicted molar refractivity (Wildman–Crippen MR) is 111 cm³/mol. The molecule has 6 nitrogen and oxygen atoms in total. The van der Waals surface area contributed by atoms with Crippen molar-refractivity contribution >= 4 is 5.91 Å². The highest BCUT2D eigenvalue weighted by Gasteiger charge is 2.31. The molecule has 1 N–H and O–H groups in total. The fourth-order valence-corrected chi connectivity index (χ4v) is 2.86. The number of hydrogen-bond donors (Lipinski definition) is 1. The van der Waals surface area contributed by atoms with Crippen LogP contribution in [0.25, 0.3) is 0 Å². The maximum Gasteiger partial charge on any atom is 0.573 e. The molecule has 0 saturated carbocycles. The molecule has 1 aromatic heterocycles. The van der Waals surface area contributed by atoms with Gasteiger partial charge in [-0.15, -0.1) is 13.2 Å². The Kier molecular flexibility index (Phi) is 7.19. The molecular formula is C23H21F3N2O4. The summed E-state index contributed by atoms with van der Waals surface area (Å²) in [6, 6.07) is 16.3. The van der Waals surface area contributed by atoms with Crippen LogP contribution in [-0.4, -0.2) is 24.4 Å². The van der Waals surface area contributed by atoms with Gasteiger partial charge in [-0.05, 0) is 42.8 Å². The SMILES string of the molecule is COc1cc(C(=O)N[C@H](C)c2ccc(OC(F)(F)F)cn2)ccc1OCc1ccccc1. The second-order valence-corrected chi connectivity index (χ2v) is 6.80. The van der Waals surface area contributed by atoms with Crippen LogP contribution in [0, 0.1) is 0 Å². The fraction of sp³-hybridized carbons (Fsp3) is 0.217. The van der Waals surface area contributed by atoms with Gasteiger partial charge < -0.3 is 19.5 Å². The summed E-state index contributed by atoms with van der Waals surface area (Å²) in [5, 5.41) is 2.75. The molecule has 0 aliphatic heterocycles. The van der Waals surface area contributed by atoms with Crippen LogP contribution in [-0.2, 0) is 6.61 Å². The van der Waals surface area contributed by atoms with Gasteiger partial charge in [0.25, 0.3) is 5.91 Å². The quantitative estimate of drug-likeness (QED) is 0.524. The van der Waals surface area contributed by atoms with E-state index in [-0.39, 0.29) is 0 Å². The number of rotatable bonds is 8. The lowest BCUT2D eigenvalue weighted by atomic mass is 10.1. The van der Waals surface area contributed by atoms with Crippen molar-refractivity contribution in [3.63, 3.8) is 0 Å². The summed E-state index contributed by atoms with van der Waals surface area (Å²) in [6.45, 7) is 2.01. The highest BCUT2D eigenvalue weighted by atomic mass is 19.4. The summed E-state index contributed by atoms with van der Waals surface area (Å²) in [5.74, 6) is 0.0503. The third-order valence-electron chi connectivity index (χ3n) is 4.45. The summed E-state index contributed by atoms with van der Waals surface area (Å²) in [6.07, 6.45) is -3.84. The number of carbonyl (C=O) groups is 1. The Labute approximate surface area is 183 Å². The number of halogens is 3. The Hall–Kier alpha value is -3.75. The van der Waals surface area contributed by atoms with Crippen molar-refractivity contribution in [3.05, 3.63) is 83.7 Å². The van der Waals surface area contributed by atoms with Gasteiger partial charge in [0.05, 0.1) is 25.0 Å². The van der Waals surface area contributed by atoms with Gasteiger partial charge in [0, 0.05) is 5.56 Å². The number of benzene rings is 2. The number of ether oxygens (including phenoxy) is 3. The summed E-state index contributed by atoms with van der Waals surface area (Å²) < 4.78 is 51.7. The average Bonchev–Trinajstić information content (AvgIpc) is 2.77. The molecule has 0 bridgehead atoms. The highest BCUT2D eigenvalue weighted by molar-refractivity contribution is 5.95. The van der Waals surface area contributed by atoms with Gasteiger partial charge in [0.2, 0.25) is 0 Å². The largest absolute Gasteiger partial charge is 0.573 e. The predicted octanol–water partition coefficient (Wildman–Crippen LogP) is 5.06. The van der Waals surface area contributed by atoms with E-state index in [4.69, 9.17) is 9.47 Å². The number of amides is 1. The van der Waals surface area contributed by atoms with E-state index >= 15 is 0 Å². The number of hydrogen-bond acceptors (Lipinski definition) is 5. The Morgan fingerprint density at radius 2 is 1.81 bits per heavy atom. The number of nitrogens with one attached hydrogen (secondary N) is 1. The maximum atomic E-state index is 12.6. The van der Waals surface area contributed by atoms with Crippen LogP contribution in [0.5, 0.6) is 17.2 Å². The zero-order chi connectivity index (χ0) is 23.1. The smallest absolute Gasteiger partial charge is 0.493 e. The number of carbonyl (C=O) groups excluding carboxylic acids is 1. The molecule has 0 aliphatic rings. The molecule has 0 unspecified atom stereocenters. The molecule has 2 aromatic carbocycles. The van der Waals surface area contributed by atoms with E-state index < -0.39 is 24.1 Å². The second-order valence-electron chi connectivity index (χ2n) is 6.80.